The summed E-state index contributed by atoms with van der Waals surface area (Å²) in [6, 6.07) is 2.43. The molecule has 0 aromatic rings. The molecule has 0 aromatic heterocycles. The van der Waals surface area contributed by atoms with E-state index < -0.39 is 0 Å². The van der Waals surface area contributed by atoms with Crippen LogP contribution in [0.4, 0.5) is 0 Å². The van der Waals surface area contributed by atoms with Crippen LogP contribution < -0.4 is 5.32 Å². The van der Waals surface area contributed by atoms with Gasteiger partial charge in [-0.05, 0) is 57.3 Å². The van der Waals surface area contributed by atoms with Gasteiger partial charge >= 0.3 is 0 Å². The molecule has 0 radical (unpaired) electrons. The van der Waals surface area contributed by atoms with Crippen LogP contribution >= 0.6 is 0 Å². The third-order valence-corrected chi connectivity index (χ3v) is 5.95. The minimum Gasteiger partial charge on any atom is -0.310 e. The fraction of sp³-hybridized carbons (Fsp3) is 1.00. The molecule has 0 aromatic carbocycles. The van der Waals surface area contributed by atoms with Crippen molar-refractivity contribution < 1.29 is 0 Å². The molecule has 2 heterocycles. The first kappa shape index (κ1) is 13.9. The van der Waals surface area contributed by atoms with E-state index in [0.29, 0.717) is 0 Å². The number of likely N-dealkylation sites (tertiary alicyclic amines) is 1. The monoisotopic (exact) mass is 264 g/mol. The summed E-state index contributed by atoms with van der Waals surface area (Å²) in [6.07, 6.45) is 11.6. The van der Waals surface area contributed by atoms with Crippen LogP contribution in [0.2, 0.25) is 0 Å². The number of hydrogen-bond donors (Lipinski definition) is 1. The van der Waals surface area contributed by atoms with E-state index in [9.17, 15) is 0 Å². The lowest BCUT2D eigenvalue weighted by Crippen LogP contribution is -2.55. The number of piperidine rings is 2. The van der Waals surface area contributed by atoms with Crippen molar-refractivity contribution in [2.75, 3.05) is 13.1 Å². The van der Waals surface area contributed by atoms with E-state index in [1.54, 1.807) is 0 Å². The first-order valence-electron chi connectivity index (χ1n) is 8.72. The maximum atomic E-state index is 4.00. The zero-order valence-corrected chi connectivity index (χ0v) is 12.9. The summed E-state index contributed by atoms with van der Waals surface area (Å²) in [6.45, 7) is 7.48. The fourth-order valence-corrected chi connectivity index (χ4v) is 4.64. The molecule has 3 aliphatic rings. The average Bonchev–Trinajstić information content (AvgIpc) is 2.43. The Morgan fingerprint density at radius 1 is 0.947 bits per heavy atom. The topological polar surface area (TPSA) is 15.3 Å². The summed E-state index contributed by atoms with van der Waals surface area (Å²) in [5, 5.41) is 4.00. The molecule has 3 rings (SSSR count). The highest BCUT2D eigenvalue weighted by Gasteiger charge is 2.33. The standard InChI is InChI=1S/C17H32N2/c1-13-7-8-14(2)19(11-13)12-16-10-9-15-5-3-4-6-17(15)18-16/h13-18H,3-12H2,1-2H3. The average molecular weight is 264 g/mol. The zero-order chi connectivity index (χ0) is 13.2. The van der Waals surface area contributed by atoms with Crippen molar-refractivity contribution in [2.45, 2.75) is 83.3 Å². The molecule has 1 N–H and O–H groups in total. The molecule has 2 nitrogen and oxygen atoms in total. The molecule has 3 fully saturated rings. The van der Waals surface area contributed by atoms with E-state index >= 15 is 0 Å². The maximum absolute atomic E-state index is 4.00. The van der Waals surface area contributed by atoms with Gasteiger partial charge in [0.1, 0.15) is 0 Å². The van der Waals surface area contributed by atoms with Crippen molar-refractivity contribution in [3.05, 3.63) is 0 Å². The van der Waals surface area contributed by atoms with Gasteiger partial charge < -0.3 is 5.32 Å². The number of rotatable bonds is 2. The zero-order valence-electron chi connectivity index (χ0n) is 12.9. The molecule has 1 aliphatic carbocycles. The molecule has 5 atom stereocenters. The van der Waals surface area contributed by atoms with E-state index in [1.807, 2.05) is 0 Å². The summed E-state index contributed by atoms with van der Waals surface area (Å²) in [4.78, 5) is 2.76. The Hall–Kier alpha value is -0.0800. The minimum absolute atomic E-state index is 0.770. The van der Waals surface area contributed by atoms with Crippen molar-refractivity contribution >= 4 is 0 Å². The van der Waals surface area contributed by atoms with Crippen LogP contribution in [-0.4, -0.2) is 36.1 Å². The molecule has 19 heavy (non-hydrogen) atoms. The predicted octanol–water partition coefficient (Wildman–Crippen LogP) is 3.42. The second-order valence-corrected chi connectivity index (χ2v) is 7.58. The Morgan fingerprint density at radius 2 is 1.79 bits per heavy atom. The first-order valence-corrected chi connectivity index (χ1v) is 8.72. The van der Waals surface area contributed by atoms with Crippen LogP contribution in [0, 0.1) is 11.8 Å². The van der Waals surface area contributed by atoms with Crippen LogP contribution in [0.5, 0.6) is 0 Å². The van der Waals surface area contributed by atoms with Crippen molar-refractivity contribution in [2.24, 2.45) is 11.8 Å². The normalized spacial score (nSPS) is 44.8. The highest BCUT2D eigenvalue weighted by Crippen LogP contribution is 2.33. The molecule has 2 saturated heterocycles. The molecule has 2 heteroatoms. The summed E-state index contributed by atoms with van der Waals surface area (Å²) in [5.74, 6) is 1.91. The van der Waals surface area contributed by atoms with Gasteiger partial charge in [-0.15, -0.1) is 0 Å². The highest BCUT2D eigenvalue weighted by molar-refractivity contribution is 4.91. The van der Waals surface area contributed by atoms with Crippen LogP contribution in [-0.2, 0) is 0 Å². The van der Waals surface area contributed by atoms with Gasteiger partial charge in [0.2, 0.25) is 0 Å². The second kappa shape index (κ2) is 6.13. The van der Waals surface area contributed by atoms with Gasteiger partial charge in [0.05, 0.1) is 0 Å². The molecule has 0 spiro atoms. The molecule has 0 amide bonds. The number of nitrogens with zero attached hydrogens (tertiary/aromatic N) is 1. The first-order chi connectivity index (χ1) is 9.22. The Kier molecular flexibility index (Phi) is 4.48. The number of nitrogens with one attached hydrogen (secondary N) is 1. The second-order valence-electron chi connectivity index (χ2n) is 7.58. The summed E-state index contributed by atoms with van der Waals surface area (Å²) in [5.41, 5.74) is 0. The predicted molar refractivity (Wildman–Crippen MR) is 81.3 cm³/mol. The molecular weight excluding hydrogens is 232 g/mol. The third-order valence-electron chi connectivity index (χ3n) is 5.95. The summed E-state index contributed by atoms with van der Waals surface area (Å²) < 4.78 is 0. The lowest BCUT2D eigenvalue weighted by molar-refractivity contribution is 0.0869. The van der Waals surface area contributed by atoms with E-state index in [1.165, 1.54) is 64.5 Å². The van der Waals surface area contributed by atoms with Gasteiger partial charge in [0, 0.05) is 31.2 Å². The third kappa shape index (κ3) is 3.33. The van der Waals surface area contributed by atoms with E-state index in [-0.39, 0.29) is 0 Å². The van der Waals surface area contributed by atoms with Crippen LogP contribution in [0.15, 0.2) is 0 Å². The molecule has 2 aliphatic heterocycles. The molecule has 0 bridgehead atoms. The van der Waals surface area contributed by atoms with Crippen molar-refractivity contribution in [3.63, 3.8) is 0 Å². The number of hydrogen-bond acceptors (Lipinski definition) is 2. The number of fused-ring (bicyclic) bond motifs is 1. The Bertz CT molecular complexity index is 291. The molecule has 5 unspecified atom stereocenters. The van der Waals surface area contributed by atoms with Crippen molar-refractivity contribution in [3.8, 4) is 0 Å². The van der Waals surface area contributed by atoms with Crippen molar-refractivity contribution in [1.82, 2.24) is 10.2 Å². The SMILES string of the molecule is CC1CCC(C)N(CC2CCC3CCCCC3N2)C1. The van der Waals surface area contributed by atoms with Crippen molar-refractivity contribution in [1.29, 1.82) is 0 Å². The highest BCUT2D eigenvalue weighted by atomic mass is 15.2. The maximum Gasteiger partial charge on any atom is 0.0197 e. The van der Waals surface area contributed by atoms with E-state index in [4.69, 9.17) is 0 Å². The van der Waals surface area contributed by atoms with Crippen LogP contribution in [0.25, 0.3) is 0 Å². The lowest BCUT2D eigenvalue weighted by atomic mass is 9.77. The van der Waals surface area contributed by atoms with Gasteiger partial charge in [-0.2, -0.15) is 0 Å². The lowest BCUT2D eigenvalue weighted by Gasteiger charge is -2.44. The van der Waals surface area contributed by atoms with E-state index in [0.717, 1.165) is 30.0 Å². The Balaban J connectivity index is 1.52. The summed E-state index contributed by atoms with van der Waals surface area (Å²) >= 11 is 0. The van der Waals surface area contributed by atoms with Gasteiger partial charge in [-0.1, -0.05) is 19.8 Å². The van der Waals surface area contributed by atoms with Gasteiger partial charge in [0.25, 0.3) is 0 Å². The Morgan fingerprint density at radius 3 is 2.68 bits per heavy atom. The quantitative estimate of drug-likeness (QED) is 0.822. The van der Waals surface area contributed by atoms with Gasteiger partial charge in [-0.25, -0.2) is 0 Å². The largest absolute Gasteiger partial charge is 0.310 e. The van der Waals surface area contributed by atoms with Gasteiger partial charge in [0.15, 0.2) is 0 Å². The van der Waals surface area contributed by atoms with Gasteiger partial charge in [-0.3, -0.25) is 4.90 Å². The van der Waals surface area contributed by atoms with Crippen LogP contribution in [0.1, 0.15) is 65.2 Å². The summed E-state index contributed by atoms with van der Waals surface area (Å²) in [7, 11) is 0. The molecular formula is C17H32N2. The van der Waals surface area contributed by atoms with E-state index in [2.05, 4.69) is 24.1 Å². The molecule has 1 saturated carbocycles. The Labute approximate surface area is 119 Å². The van der Waals surface area contributed by atoms with Crippen LogP contribution in [0.3, 0.4) is 0 Å². The minimum atomic E-state index is 0.770. The fourth-order valence-electron chi connectivity index (χ4n) is 4.64. The molecule has 110 valence electrons. The smallest absolute Gasteiger partial charge is 0.0197 e.